The number of aliphatic hydroxyl groups excluding tert-OH is 3. The molecule has 4 aliphatic heterocycles. The number of aliphatic hydroxyl groups is 4. The van der Waals surface area contributed by atoms with Gasteiger partial charge in [0.2, 0.25) is 24.0 Å². The van der Waals surface area contributed by atoms with E-state index in [1.54, 1.807) is 40.7 Å². The Labute approximate surface area is 444 Å². The Balaban J connectivity index is 0.999. The number of para-hydroxylation sites is 1. The monoisotopic (exact) mass is 1080 g/mol. The number of nitrogens with zero attached hydrogens (tertiary/aromatic N) is 4. The van der Waals surface area contributed by atoms with Crippen LogP contribution in [-0.2, 0) is 79.6 Å². The van der Waals surface area contributed by atoms with Gasteiger partial charge >= 0.3 is 18.0 Å². The van der Waals surface area contributed by atoms with Crippen molar-refractivity contribution >= 4 is 64.2 Å². The lowest BCUT2D eigenvalue weighted by Gasteiger charge is -2.38. The zero-order valence-corrected chi connectivity index (χ0v) is 43.3. The molecule has 0 saturated carbocycles. The molecule has 0 spiro atoms. The van der Waals surface area contributed by atoms with Crippen molar-refractivity contribution < 1.29 is 82.8 Å². The number of hydrogen-bond acceptors (Lipinski definition) is 18. The Hall–Kier alpha value is -8.10. The summed E-state index contributed by atoms with van der Waals surface area (Å²) in [7, 11) is 0. The molecule has 2 aromatic heterocycles. The molecule has 2 aromatic carbocycles. The van der Waals surface area contributed by atoms with Crippen molar-refractivity contribution in [3.8, 4) is 17.1 Å². The Kier molecular flexibility index (Phi) is 16.2. The van der Waals surface area contributed by atoms with Crippen molar-refractivity contribution in [2.24, 2.45) is 5.92 Å². The maximum Gasteiger partial charge on any atom is 0.410 e. The average Bonchev–Trinajstić information content (AvgIpc) is 4.15. The minimum atomic E-state index is -2.06. The molecule has 0 radical (unpaired) electrons. The van der Waals surface area contributed by atoms with Crippen LogP contribution in [0.25, 0.3) is 22.3 Å². The van der Waals surface area contributed by atoms with Crippen LogP contribution < -0.4 is 26.2 Å². The molecule has 1 saturated heterocycles. The normalized spacial score (nSPS) is 22.1. The Morgan fingerprint density at radius 3 is 2.27 bits per heavy atom. The number of cyclic esters (lactones) is 1. The molecule has 6 amide bonds. The number of aliphatic carboxylic acids is 1. The number of carbonyl (C=O) groups is 8. The summed E-state index contributed by atoms with van der Waals surface area (Å²) in [6.45, 7) is 8.59. The van der Waals surface area contributed by atoms with Gasteiger partial charge in [0.1, 0.15) is 55.9 Å². The Morgan fingerprint density at radius 2 is 1.60 bits per heavy atom. The third-order valence-electron chi connectivity index (χ3n) is 14.1. The highest BCUT2D eigenvalue weighted by molar-refractivity contribution is 6.14. The van der Waals surface area contributed by atoms with E-state index in [0.717, 1.165) is 23.1 Å². The molecule has 0 bridgehead atoms. The highest BCUT2D eigenvalue weighted by atomic mass is 16.7. The average molecular weight is 1080 g/mol. The Bertz CT molecular complexity index is 3190. The van der Waals surface area contributed by atoms with Crippen molar-refractivity contribution in [3.63, 3.8) is 0 Å². The van der Waals surface area contributed by atoms with E-state index in [4.69, 9.17) is 23.9 Å². The van der Waals surface area contributed by atoms with Gasteiger partial charge in [0.05, 0.1) is 34.7 Å². The van der Waals surface area contributed by atoms with E-state index in [-0.39, 0.29) is 60.7 Å². The third kappa shape index (κ3) is 10.9. The zero-order valence-electron chi connectivity index (χ0n) is 43.3. The summed E-state index contributed by atoms with van der Waals surface area (Å²) < 4.78 is 23.8. The van der Waals surface area contributed by atoms with E-state index in [2.05, 4.69) is 16.0 Å². The number of hydrogen-bond donors (Lipinski definition) is 8. The fraction of sp³-hybridized carbons (Fsp3) is 0.434. The maximum atomic E-state index is 14.0. The molecule has 8 N–H and O–H groups in total. The molecular weight excluding hydrogens is 1020 g/mol. The second-order valence-corrected chi connectivity index (χ2v) is 19.9. The van der Waals surface area contributed by atoms with Crippen LogP contribution in [-0.4, -0.2) is 154 Å². The first-order chi connectivity index (χ1) is 36.9. The lowest BCUT2D eigenvalue weighted by Crippen LogP contribution is -2.61. The van der Waals surface area contributed by atoms with E-state index in [0.29, 0.717) is 27.4 Å². The first kappa shape index (κ1) is 56.1. The van der Waals surface area contributed by atoms with Crippen LogP contribution in [0.4, 0.5) is 10.5 Å². The number of nitrogens with one attached hydrogen (secondary N) is 3. The number of carboxylic acids is 1. The van der Waals surface area contributed by atoms with E-state index in [1.807, 2.05) is 24.3 Å². The van der Waals surface area contributed by atoms with Crippen molar-refractivity contribution in [1.82, 2.24) is 30.0 Å². The van der Waals surface area contributed by atoms with Crippen molar-refractivity contribution in [1.29, 1.82) is 0 Å². The van der Waals surface area contributed by atoms with Crippen molar-refractivity contribution in [2.45, 2.75) is 129 Å². The van der Waals surface area contributed by atoms with Crippen molar-refractivity contribution in [2.75, 3.05) is 18.4 Å². The number of aromatic nitrogens is 2. The standard InChI is InChI=1S/C53H59N7O18/c1-7-53(74)32-19-35-41-30(20-59(35)48(69)31(32)23-75-51(53)72)28(29-10-8-9-11-33(29)55-41)16-17-58(25(4)5)52(73)76-22-27-12-13-34(36(18-27)77-50-44(66)42(64)43(65)45(78-50)49(70)71)56-46(67)26(6)54-47(68)40(24(2)3)57-37(61)21-60-38(62)14-15-39(60)63/h8-15,18-19,24-26,40,42-45,50,64-66,74H,7,16-17,20-23H2,1-6H3,(H,54,68)(H,56,67)(H,57,61)(H,70,71)/t26-,40-,42-,43-,44+,45-,50+,53-/m0/s1. The van der Waals surface area contributed by atoms with Gasteiger partial charge in [-0.1, -0.05) is 45.0 Å². The summed E-state index contributed by atoms with van der Waals surface area (Å²) >= 11 is 0. The van der Waals surface area contributed by atoms with Gasteiger partial charge in [0.25, 0.3) is 17.4 Å². The number of amides is 6. The van der Waals surface area contributed by atoms with Gasteiger partial charge in [-0.2, -0.15) is 0 Å². The molecule has 414 valence electrons. The third-order valence-corrected chi connectivity index (χ3v) is 14.1. The van der Waals surface area contributed by atoms with Crippen LogP contribution in [0.5, 0.6) is 5.75 Å². The molecule has 25 nitrogen and oxygen atoms in total. The summed E-state index contributed by atoms with van der Waals surface area (Å²) in [5.41, 5.74) is 1.00. The number of carboxylic acid groups (broad SMARTS) is 1. The van der Waals surface area contributed by atoms with Crippen LogP contribution >= 0.6 is 0 Å². The van der Waals surface area contributed by atoms with Crippen molar-refractivity contribution in [3.05, 3.63) is 98.9 Å². The number of anilines is 1. The molecule has 78 heavy (non-hydrogen) atoms. The number of carbonyl (C=O) groups excluding carboxylic acids is 7. The zero-order chi connectivity index (χ0) is 56.7. The fourth-order valence-electron chi connectivity index (χ4n) is 9.65. The van der Waals surface area contributed by atoms with Crippen LogP contribution in [0.2, 0.25) is 0 Å². The topological polar surface area (TPSA) is 352 Å². The van der Waals surface area contributed by atoms with Gasteiger partial charge < -0.3 is 69.9 Å². The molecule has 4 aliphatic rings. The van der Waals surface area contributed by atoms with Gasteiger partial charge in [-0.05, 0) is 74.9 Å². The van der Waals surface area contributed by atoms with Crippen LogP contribution in [0.3, 0.4) is 0 Å². The molecule has 0 aliphatic carbocycles. The summed E-state index contributed by atoms with van der Waals surface area (Å²) in [5, 5.41) is 61.2. The fourth-order valence-corrected chi connectivity index (χ4v) is 9.65. The van der Waals surface area contributed by atoms with Gasteiger partial charge in [-0.3, -0.25) is 33.7 Å². The maximum absolute atomic E-state index is 14.0. The SMILES string of the molecule is CC[C@@]1(O)C(=O)OCc2c1cc1n(c2=O)Cc2c-1nc1ccccc1c2CCN(C(=O)OCc1ccc(NC(=O)[C@H](C)NC(=O)[C@@H](NC(=O)CN2C(=O)C=CC2=O)C(C)C)c(O[C@@H]2O[C@H](C(=O)O)[C@@H](O)[C@H](O)[C@H]2O)c1)C(C)C. The molecule has 25 heteroatoms. The van der Waals surface area contributed by atoms with Crippen LogP contribution in [0.1, 0.15) is 75.8 Å². The predicted octanol–water partition coefficient (Wildman–Crippen LogP) is 0.449. The lowest BCUT2D eigenvalue weighted by atomic mass is 9.86. The van der Waals surface area contributed by atoms with E-state index in [9.17, 15) is 68.7 Å². The summed E-state index contributed by atoms with van der Waals surface area (Å²) in [6, 6.07) is 10.1. The number of pyridine rings is 2. The summed E-state index contributed by atoms with van der Waals surface area (Å²) in [4.78, 5) is 124. The molecule has 4 aromatic rings. The summed E-state index contributed by atoms with van der Waals surface area (Å²) in [6.07, 6.45) is -8.67. The predicted molar refractivity (Wildman–Crippen MR) is 271 cm³/mol. The number of imide groups is 1. The molecule has 6 heterocycles. The molecule has 8 rings (SSSR count). The molecule has 1 fully saturated rings. The minimum Gasteiger partial charge on any atom is -0.479 e. The molecular formula is C53H59N7O18. The van der Waals surface area contributed by atoms with E-state index in [1.165, 1.54) is 34.6 Å². The molecule has 8 atom stereocenters. The van der Waals surface area contributed by atoms with Gasteiger partial charge in [0.15, 0.2) is 11.7 Å². The second kappa shape index (κ2) is 22.5. The lowest BCUT2D eigenvalue weighted by molar-refractivity contribution is -0.271. The highest BCUT2D eigenvalue weighted by Gasteiger charge is 2.49. The van der Waals surface area contributed by atoms with Crippen LogP contribution in [0.15, 0.2) is 65.5 Å². The first-order valence-electron chi connectivity index (χ1n) is 25.1. The van der Waals surface area contributed by atoms with Gasteiger partial charge in [-0.15, -0.1) is 0 Å². The number of esters is 1. The number of rotatable bonds is 18. The number of ether oxygens (including phenoxy) is 4. The second-order valence-electron chi connectivity index (χ2n) is 19.9. The summed E-state index contributed by atoms with van der Waals surface area (Å²) in [5.74, 6) is -7.25. The van der Waals surface area contributed by atoms with Gasteiger partial charge in [0, 0.05) is 41.3 Å². The largest absolute Gasteiger partial charge is 0.479 e. The Morgan fingerprint density at radius 1 is 0.897 bits per heavy atom. The smallest absolute Gasteiger partial charge is 0.410 e. The van der Waals surface area contributed by atoms with Crippen LogP contribution in [0, 0.1) is 5.92 Å². The number of benzene rings is 2. The minimum absolute atomic E-state index is 0.0274. The van der Waals surface area contributed by atoms with Gasteiger partial charge in [-0.25, -0.2) is 19.4 Å². The van der Waals surface area contributed by atoms with E-state index < -0.39 is 127 Å². The number of fused-ring (bicyclic) bond motifs is 5. The van der Waals surface area contributed by atoms with E-state index >= 15 is 0 Å². The molecule has 0 unspecified atom stereocenters. The first-order valence-corrected chi connectivity index (χ1v) is 25.1. The quantitative estimate of drug-likeness (QED) is 0.0436. The highest BCUT2D eigenvalue weighted by Crippen LogP contribution is 2.41.